The van der Waals surface area contributed by atoms with E-state index in [-0.39, 0.29) is 5.43 Å². The van der Waals surface area contributed by atoms with Gasteiger partial charge in [-0.1, -0.05) is 0 Å². The van der Waals surface area contributed by atoms with E-state index in [0.717, 1.165) is 11.3 Å². The summed E-state index contributed by atoms with van der Waals surface area (Å²) in [7, 11) is -15.2. The molecule has 0 amide bonds. The van der Waals surface area contributed by atoms with Gasteiger partial charge in [-0.05, 0) is 162 Å². The maximum Gasteiger partial charge on any atom is 0.242 e. The zero-order valence-electron chi connectivity index (χ0n) is 40.1. The van der Waals surface area contributed by atoms with Crippen LogP contribution in [0.2, 0.25) is 137 Å². The first-order valence-electron chi connectivity index (χ1n) is 21.1. The summed E-state index contributed by atoms with van der Waals surface area (Å²) in [5, 5.41) is 0.348. The van der Waals surface area contributed by atoms with E-state index < -0.39 is 88.7 Å². The molecule has 5 unspecified atom stereocenters. The second kappa shape index (κ2) is 17.9. The maximum atomic E-state index is 14.7. The minimum Gasteiger partial charge on any atom is -0.544 e. The fraction of sp³-hybridized carbons (Fsp3) is 0.643. The van der Waals surface area contributed by atoms with Gasteiger partial charge in [-0.15, -0.1) is 0 Å². The van der Waals surface area contributed by atoms with Gasteiger partial charge in [0.25, 0.3) is 0 Å². The van der Waals surface area contributed by atoms with Crippen molar-refractivity contribution in [2.45, 2.75) is 168 Å². The van der Waals surface area contributed by atoms with Crippen LogP contribution in [0.1, 0.15) is 11.7 Å². The van der Waals surface area contributed by atoms with Gasteiger partial charge in [0.05, 0.1) is 12.2 Å². The van der Waals surface area contributed by atoms with Crippen molar-refractivity contribution in [2.24, 2.45) is 0 Å². The van der Waals surface area contributed by atoms with Crippen LogP contribution in [0.3, 0.4) is 0 Å². The SMILES string of the molecule is C[Si](C)(C)OCC1OC(c2c(O[Si](C)(C)C)cc(O[Si](C)(C)C)c3c(=O)cc(-c4ccc(O[Si](C)(C)C)cc4)oc23)C(O[Si](C)(C)C)C(O[Si](C)(C)C)C1O[Si](C)(C)C. The number of benzene rings is 2. The molecule has 2 aromatic carbocycles. The Bertz CT molecular complexity index is 1960. The molecule has 1 fully saturated rings. The third-order valence-electron chi connectivity index (χ3n) is 8.43. The normalized spacial score (nSPS) is 21.5. The molecule has 3 aromatic rings. The predicted octanol–water partition coefficient (Wildman–Crippen LogP) is 12.1. The third kappa shape index (κ3) is 15.3. The number of fused-ring (bicyclic) bond motifs is 1. The van der Waals surface area contributed by atoms with Crippen LogP contribution >= 0.6 is 0 Å². The topological polar surface area (TPSA) is 104 Å². The van der Waals surface area contributed by atoms with E-state index in [2.05, 4.69) is 137 Å². The molecule has 17 heteroatoms. The Morgan fingerprint density at radius 1 is 0.525 bits per heavy atom. The summed E-state index contributed by atoms with van der Waals surface area (Å²) in [5.74, 6) is 2.20. The number of hydrogen-bond donors (Lipinski definition) is 0. The van der Waals surface area contributed by atoms with Gasteiger partial charge in [-0.25, -0.2) is 0 Å². The van der Waals surface area contributed by atoms with Crippen LogP contribution in [0.15, 0.2) is 45.6 Å². The van der Waals surface area contributed by atoms with Crippen molar-refractivity contribution in [3.8, 4) is 28.6 Å². The molecule has 0 radical (unpaired) electrons. The Morgan fingerprint density at radius 3 is 1.47 bits per heavy atom. The van der Waals surface area contributed by atoms with Crippen molar-refractivity contribution in [3.63, 3.8) is 0 Å². The largest absolute Gasteiger partial charge is 0.544 e. The van der Waals surface area contributed by atoms with Gasteiger partial charge in [-0.3, -0.25) is 4.79 Å². The van der Waals surface area contributed by atoms with Gasteiger partial charge in [0.15, 0.2) is 44.3 Å². The van der Waals surface area contributed by atoms with Gasteiger partial charge in [0.2, 0.25) is 25.0 Å². The van der Waals surface area contributed by atoms with Gasteiger partial charge in [0.1, 0.15) is 58.9 Å². The summed E-state index contributed by atoms with van der Waals surface area (Å²) in [4.78, 5) is 14.7. The maximum absolute atomic E-state index is 14.7. The lowest BCUT2D eigenvalue weighted by Crippen LogP contribution is -2.63. The van der Waals surface area contributed by atoms with E-state index in [0.29, 0.717) is 40.4 Å². The van der Waals surface area contributed by atoms with Crippen LogP contribution < -0.4 is 18.7 Å². The van der Waals surface area contributed by atoms with E-state index in [4.69, 9.17) is 40.1 Å². The Labute approximate surface area is 362 Å². The zero-order valence-corrected chi connectivity index (χ0v) is 47.1. The quantitative estimate of drug-likeness (QED) is 0.122. The molecular weight excluding hydrogens is 861 g/mol. The van der Waals surface area contributed by atoms with Crippen molar-refractivity contribution >= 4 is 69.2 Å². The third-order valence-corrected chi connectivity index (χ3v) is 14.9. The Balaban J connectivity index is 2.18. The van der Waals surface area contributed by atoms with Crippen molar-refractivity contribution in [2.75, 3.05) is 6.61 Å². The highest BCUT2D eigenvalue weighted by Crippen LogP contribution is 2.48. The highest BCUT2D eigenvalue weighted by molar-refractivity contribution is 6.72. The lowest BCUT2D eigenvalue weighted by Gasteiger charge is -2.51. The summed E-state index contributed by atoms with van der Waals surface area (Å²) in [6.07, 6.45) is -2.94. The Hall–Kier alpha value is -1.63. The lowest BCUT2D eigenvalue weighted by atomic mass is 9.89. The Kier molecular flexibility index (Phi) is 15.1. The fourth-order valence-electron chi connectivity index (χ4n) is 6.82. The molecule has 0 N–H and O–H groups in total. The first kappa shape index (κ1) is 50.0. The highest BCUT2D eigenvalue weighted by Gasteiger charge is 2.53. The van der Waals surface area contributed by atoms with Crippen LogP contribution in [-0.4, -0.2) is 89.2 Å². The van der Waals surface area contributed by atoms with Crippen LogP contribution in [0, 0.1) is 0 Å². The summed E-state index contributed by atoms with van der Waals surface area (Å²) in [6.45, 7) is 45.8. The number of hydrogen-bond acceptors (Lipinski definition) is 10. The molecule has 332 valence electrons. The van der Waals surface area contributed by atoms with Gasteiger partial charge in [0, 0.05) is 17.7 Å². The summed E-state index contributed by atoms with van der Waals surface area (Å²) in [5.41, 5.74) is 1.49. The molecule has 1 saturated heterocycles. The van der Waals surface area contributed by atoms with E-state index in [9.17, 15) is 4.79 Å². The molecular formula is C42H76O10Si7. The average Bonchev–Trinajstić information content (AvgIpc) is 2.98. The molecule has 0 bridgehead atoms. The van der Waals surface area contributed by atoms with Crippen molar-refractivity contribution in [1.82, 2.24) is 0 Å². The second-order valence-electron chi connectivity index (χ2n) is 22.7. The number of ether oxygens (including phenoxy) is 1. The molecule has 1 aliphatic rings. The van der Waals surface area contributed by atoms with Crippen molar-refractivity contribution < 1.29 is 40.1 Å². The smallest absolute Gasteiger partial charge is 0.242 e. The first-order valence-corrected chi connectivity index (χ1v) is 45.0. The monoisotopic (exact) mass is 936 g/mol. The van der Waals surface area contributed by atoms with E-state index in [1.54, 1.807) is 6.07 Å². The van der Waals surface area contributed by atoms with E-state index in [1.165, 1.54) is 0 Å². The van der Waals surface area contributed by atoms with Crippen LogP contribution in [0.25, 0.3) is 22.3 Å². The van der Waals surface area contributed by atoms with Crippen molar-refractivity contribution in [1.29, 1.82) is 0 Å². The van der Waals surface area contributed by atoms with Crippen LogP contribution in [0.4, 0.5) is 0 Å². The summed E-state index contributed by atoms with van der Waals surface area (Å²) >= 11 is 0. The standard InChI is InChI=1S/C42H76O10Si7/c1-53(2,3)44-28-35-38(50-57(13,14)15)41(51-58(16,17)18)42(52-59(19,20)21)40(46-35)37-34(49-56(10,11)12)27-33(48-55(7,8)9)36-31(43)26-32(45-39(36)37)29-22-24-30(25-23-29)47-54(4,5)6/h22-27,35,38,40-42H,28H2,1-21H3. The minimum atomic E-state index is -2.33. The molecule has 4 rings (SSSR count). The fourth-order valence-corrected chi connectivity index (χ4v) is 13.2. The molecule has 2 heterocycles. The summed E-state index contributed by atoms with van der Waals surface area (Å²) in [6, 6.07) is 11.2. The number of rotatable bonds is 17. The van der Waals surface area contributed by atoms with Gasteiger partial charge < -0.3 is 40.1 Å². The second-order valence-corrected chi connectivity index (χ2v) is 53.9. The van der Waals surface area contributed by atoms with Gasteiger partial charge >= 0.3 is 0 Å². The predicted molar refractivity (Wildman–Crippen MR) is 261 cm³/mol. The molecule has 59 heavy (non-hydrogen) atoms. The molecule has 5 atom stereocenters. The average molecular weight is 938 g/mol. The minimum absolute atomic E-state index is 0.218. The Morgan fingerprint density at radius 2 is 1.00 bits per heavy atom. The summed E-state index contributed by atoms with van der Waals surface area (Å²) < 4.78 is 62.9. The molecule has 0 saturated carbocycles. The van der Waals surface area contributed by atoms with Crippen LogP contribution in [-0.2, 0) is 22.4 Å². The molecule has 1 aromatic heterocycles. The van der Waals surface area contributed by atoms with Gasteiger partial charge in [-0.2, -0.15) is 0 Å². The van der Waals surface area contributed by atoms with Crippen LogP contribution in [0.5, 0.6) is 17.2 Å². The molecule has 10 nitrogen and oxygen atoms in total. The van der Waals surface area contributed by atoms with E-state index in [1.807, 2.05) is 30.3 Å². The molecule has 0 aliphatic carbocycles. The lowest BCUT2D eigenvalue weighted by molar-refractivity contribution is -0.216. The first-order chi connectivity index (χ1) is 26.5. The zero-order chi connectivity index (χ0) is 44.9. The molecule has 0 spiro atoms. The highest BCUT2D eigenvalue weighted by atomic mass is 28.4. The van der Waals surface area contributed by atoms with Crippen molar-refractivity contribution in [3.05, 3.63) is 52.2 Å². The van der Waals surface area contributed by atoms with E-state index >= 15 is 0 Å². The molecule has 1 aliphatic heterocycles.